The van der Waals surface area contributed by atoms with Crippen LogP contribution in [0.2, 0.25) is 0 Å². The lowest BCUT2D eigenvalue weighted by atomic mass is 10.1. The van der Waals surface area contributed by atoms with Crippen LogP contribution in [0.25, 0.3) is 5.69 Å². The zero-order chi connectivity index (χ0) is 16.2. The second-order valence-electron chi connectivity index (χ2n) is 6.46. The SMILES string of the molecule is CC(C)n1ccn(-c2ccc(CCN3CCNCC3)cc2)c1=O. The van der Waals surface area contributed by atoms with Crippen molar-refractivity contribution in [3.05, 3.63) is 52.7 Å². The molecule has 1 aromatic heterocycles. The van der Waals surface area contributed by atoms with E-state index in [-0.39, 0.29) is 11.7 Å². The van der Waals surface area contributed by atoms with Crippen LogP contribution in [-0.4, -0.2) is 46.8 Å². The normalized spacial score (nSPS) is 16.1. The molecule has 1 fully saturated rings. The summed E-state index contributed by atoms with van der Waals surface area (Å²) in [6.45, 7) is 9.59. The van der Waals surface area contributed by atoms with Gasteiger partial charge in [0.15, 0.2) is 0 Å². The molecule has 1 N–H and O–H groups in total. The van der Waals surface area contributed by atoms with Crippen molar-refractivity contribution in [1.29, 1.82) is 0 Å². The number of benzene rings is 1. The molecule has 0 saturated carbocycles. The summed E-state index contributed by atoms with van der Waals surface area (Å²) in [5.74, 6) is 0. The topological polar surface area (TPSA) is 42.2 Å². The van der Waals surface area contributed by atoms with E-state index in [0.717, 1.165) is 44.8 Å². The first-order chi connectivity index (χ1) is 11.1. The van der Waals surface area contributed by atoms with Gasteiger partial charge in [0.25, 0.3) is 0 Å². The van der Waals surface area contributed by atoms with E-state index in [4.69, 9.17) is 0 Å². The lowest BCUT2D eigenvalue weighted by molar-refractivity contribution is 0.244. The molecule has 1 aliphatic rings. The Kier molecular flexibility index (Phi) is 4.98. The molecule has 1 aliphatic heterocycles. The van der Waals surface area contributed by atoms with Gasteiger partial charge in [-0.1, -0.05) is 12.1 Å². The Hall–Kier alpha value is -1.85. The summed E-state index contributed by atoms with van der Waals surface area (Å²) in [6, 6.07) is 8.54. The van der Waals surface area contributed by atoms with E-state index < -0.39 is 0 Å². The summed E-state index contributed by atoms with van der Waals surface area (Å²) < 4.78 is 3.46. The molecule has 0 atom stereocenters. The number of aromatic nitrogens is 2. The number of piperazine rings is 1. The Morgan fingerprint density at radius 2 is 1.78 bits per heavy atom. The van der Waals surface area contributed by atoms with E-state index in [1.807, 2.05) is 38.4 Å². The average Bonchev–Trinajstić information content (AvgIpc) is 2.96. The summed E-state index contributed by atoms with van der Waals surface area (Å²) in [7, 11) is 0. The Morgan fingerprint density at radius 1 is 1.09 bits per heavy atom. The van der Waals surface area contributed by atoms with Crippen LogP contribution in [0.5, 0.6) is 0 Å². The van der Waals surface area contributed by atoms with Gasteiger partial charge in [-0.05, 0) is 38.0 Å². The number of hydrogen-bond donors (Lipinski definition) is 1. The second-order valence-corrected chi connectivity index (χ2v) is 6.46. The molecular formula is C18H26N4O. The maximum atomic E-state index is 12.3. The molecule has 2 aromatic rings. The minimum atomic E-state index is 0.0218. The van der Waals surface area contributed by atoms with Crippen molar-refractivity contribution < 1.29 is 0 Å². The van der Waals surface area contributed by atoms with Crippen LogP contribution in [0, 0.1) is 0 Å². The molecule has 0 amide bonds. The predicted molar refractivity (Wildman–Crippen MR) is 93.4 cm³/mol. The minimum absolute atomic E-state index is 0.0218. The van der Waals surface area contributed by atoms with Crippen molar-refractivity contribution >= 4 is 0 Å². The maximum absolute atomic E-state index is 12.3. The van der Waals surface area contributed by atoms with Gasteiger partial charge >= 0.3 is 5.69 Å². The monoisotopic (exact) mass is 314 g/mol. The van der Waals surface area contributed by atoms with E-state index in [0.29, 0.717) is 0 Å². The third-order valence-electron chi connectivity index (χ3n) is 4.50. The Labute approximate surface area is 137 Å². The van der Waals surface area contributed by atoms with Gasteiger partial charge in [-0.2, -0.15) is 0 Å². The molecule has 124 valence electrons. The second kappa shape index (κ2) is 7.15. The lowest BCUT2D eigenvalue weighted by Gasteiger charge is -2.27. The number of hydrogen-bond acceptors (Lipinski definition) is 3. The fourth-order valence-corrected chi connectivity index (χ4v) is 3.03. The van der Waals surface area contributed by atoms with Gasteiger partial charge in [0.05, 0.1) is 5.69 Å². The summed E-state index contributed by atoms with van der Waals surface area (Å²) in [4.78, 5) is 14.8. The van der Waals surface area contributed by atoms with Crippen molar-refractivity contribution in [2.75, 3.05) is 32.7 Å². The fraction of sp³-hybridized carbons (Fsp3) is 0.500. The van der Waals surface area contributed by atoms with Crippen LogP contribution in [0.3, 0.4) is 0 Å². The van der Waals surface area contributed by atoms with Crippen LogP contribution in [0.15, 0.2) is 41.5 Å². The van der Waals surface area contributed by atoms with Crippen molar-refractivity contribution in [2.24, 2.45) is 0 Å². The highest BCUT2D eigenvalue weighted by molar-refractivity contribution is 5.34. The Balaban J connectivity index is 1.66. The first-order valence-electron chi connectivity index (χ1n) is 8.47. The van der Waals surface area contributed by atoms with Gasteiger partial charge in [-0.3, -0.25) is 9.13 Å². The van der Waals surface area contributed by atoms with E-state index >= 15 is 0 Å². The standard InChI is InChI=1S/C18H26N4O/c1-15(2)21-13-14-22(18(21)23)17-5-3-16(4-6-17)7-10-20-11-8-19-9-12-20/h3-6,13-15,19H,7-12H2,1-2H3. The largest absolute Gasteiger partial charge is 0.332 e. The molecule has 1 saturated heterocycles. The number of nitrogens with zero attached hydrogens (tertiary/aromatic N) is 3. The van der Waals surface area contributed by atoms with Crippen LogP contribution >= 0.6 is 0 Å². The van der Waals surface area contributed by atoms with Gasteiger partial charge in [0, 0.05) is 51.2 Å². The molecule has 5 nitrogen and oxygen atoms in total. The summed E-state index contributed by atoms with van der Waals surface area (Å²) in [6.07, 6.45) is 4.76. The first-order valence-corrected chi connectivity index (χ1v) is 8.47. The summed E-state index contributed by atoms with van der Waals surface area (Å²) in [5.41, 5.74) is 2.28. The van der Waals surface area contributed by atoms with Crippen molar-refractivity contribution in [1.82, 2.24) is 19.4 Å². The van der Waals surface area contributed by atoms with Gasteiger partial charge in [0.2, 0.25) is 0 Å². The van der Waals surface area contributed by atoms with Gasteiger partial charge in [0.1, 0.15) is 0 Å². The first kappa shape index (κ1) is 16.0. The Morgan fingerprint density at radius 3 is 2.39 bits per heavy atom. The third kappa shape index (κ3) is 3.74. The molecule has 0 aliphatic carbocycles. The third-order valence-corrected chi connectivity index (χ3v) is 4.50. The molecule has 5 heteroatoms. The van der Waals surface area contributed by atoms with Crippen LogP contribution in [0.1, 0.15) is 25.5 Å². The smallest absolute Gasteiger partial charge is 0.314 e. The molecule has 0 unspecified atom stereocenters. The fourth-order valence-electron chi connectivity index (χ4n) is 3.03. The van der Waals surface area contributed by atoms with Gasteiger partial charge in [-0.25, -0.2) is 4.79 Å². The molecular weight excluding hydrogens is 288 g/mol. The van der Waals surface area contributed by atoms with Crippen LogP contribution in [0.4, 0.5) is 0 Å². The van der Waals surface area contributed by atoms with E-state index in [2.05, 4.69) is 22.3 Å². The van der Waals surface area contributed by atoms with E-state index in [1.165, 1.54) is 5.56 Å². The molecule has 0 spiro atoms. The molecule has 0 radical (unpaired) electrons. The zero-order valence-corrected chi connectivity index (χ0v) is 14.0. The predicted octanol–water partition coefficient (Wildman–Crippen LogP) is 1.67. The summed E-state index contributed by atoms with van der Waals surface area (Å²) >= 11 is 0. The number of imidazole rings is 1. The lowest BCUT2D eigenvalue weighted by Crippen LogP contribution is -2.44. The van der Waals surface area contributed by atoms with E-state index in [1.54, 1.807) is 9.13 Å². The highest BCUT2D eigenvalue weighted by Gasteiger charge is 2.10. The average molecular weight is 314 g/mol. The zero-order valence-electron chi connectivity index (χ0n) is 14.0. The highest BCUT2D eigenvalue weighted by Crippen LogP contribution is 2.10. The molecule has 2 heterocycles. The highest BCUT2D eigenvalue weighted by atomic mass is 16.1. The van der Waals surface area contributed by atoms with Crippen molar-refractivity contribution in [2.45, 2.75) is 26.3 Å². The summed E-state index contributed by atoms with van der Waals surface area (Å²) in [5, 5.41) is 3.38. The molecule has 1 aromatic carbocycles. The molecule has 3 rings (SSSR count). The number of nitrogens with one attached hydrogen (secondary N) is 1. The maximum Gasteiger partial charge on any atom is 0.332 e. The van der Waals surface area contributed by atoms with Gasteiger partial charge < -0.3 is 10.2 Å². The van der Waals surface area contributed by atoms with Crippen LogP contribution in [-0.2, 0) is 6.42 Å². The van der Waals surface area contributed by atoms with Crippen LogP contribution < -0.4 is 11.0 Å². The van der Waals surface area contributed by atoms with E-state index in [9.17, 15) is 4.79 Å². The molecule has 23 heavy (non-hydrogen) atoms. The quantitative estimate of drug-likeness (QED) is 0.913. The van der Waals surface area contributed by atoms with Gasteiger partial charge in [-0.15, -0.1) is 0 Å². The van der Waals surface area contributed by atoms with Crippen molar-refractivity contribution in [3.63, 3.8) is 0 Å². The minimum Gasteiger partial charge on any atom is -0.314 e. The molecule has 0 bridgehead atoms. The number of rotatable bonds is 5. The van der Waals surface area contributed by atoms with Crippen molar-refractivity contribution in [3.8, 4) is 5.69 Å². The Bertz CT molecular complexity index is 678.